The maximum atomic E-state index is 12.7. The van der Waals surface area contributed by atoms with Crippen molar-refractivity contribution in [1.29, 1.82) is 0 Å². The van der Waals surface area contributed by atoms with Crippen molar-refractivity contribution in [1.82, 2.24) is 4.90 Å². The number of ether oxygens (including phenoxy) is 1. The van der Waals surface area contributed by atoms with Gasteiger partial charge in [-0.25, -0.2) is 14.1 Å². The fourth-order valence-corrected chi connectivity index (χ4v) is 1.72. The zero-order valence-corrected chi connectivity index (χ0v) is 9.35. The first-order chi connectivity index (χ1) is 8.09. The van der Waals surface area contributed by atoms with Crippen LogP contribution in [0.3, 0.4) is 0 Å². The molecule has 4 nitrogen and oxygen atoms in total. The van der Waals surface area contributed by atoms with Gasteiger partial charge in [-0.3, -0.25) is 4.79 Å². The summed E-state index contributed by atoms with van der Waals surface area (Å²) in [7, 11) is 0. The summed E-state index contributed by atoms with van der Waals surface area (Å²) in [6.07, 6.45) is -0.607. The van der Waals surface area contributed by atoms with E-state index in [4.69, 9.17) is 4.74 Å². The Morgan fingerprint density at radius 1 is 1.41 bits per heavy atom. The Kier molecular flexibility index (Phi) is 3.08. The number of nitrogens with zero attached hydrogens (tertiary/aromatic N) is 1. The molecular formula is C12H12FNO3. The molecule has 1 fully saturated rings. The smallest absolute Gasteiger partial charge is 0.416 e. The number of rotatable bonds is 2. The number of hydrogen-bond acceptors (Lipinski definition) is 3. The molecule has 1 aromatic carbocycles. The molecule has 1 aliphatic rings. The van der Waals surface area contributed by atoms with Crippen molar-refractivity contribution < 1.29 is 18.7 Å². The highest BCUT2D eigenvalue weighted by molar-refractivity contribution is 5.96. The number of halogens is 1. The normalized spacial score (nSPS) is 16.8. The van der Waals surface area contributed by atoms with Crippen molar-refractivity contribution >= 4 is 12.0 Å². The van der Waals surface area contributed by atoms with Crippen LogP contribution in [0, 0.1) is 5.82 Å². The molecule has 1 aromatic rings. The monoisotopic (exact) mass is 237 g/mol. The molecule has 2 amide bonds. The van der Waals surface area contributed by atoms with Crippen molar-refractivity contribution in [2.75, 3.05) is 13.2 Å². The van der Waals surface area contributed by atoms with E-state index < -0.39 is 12.0 Å². The molecule has 5 heteroatoms. The number of benzene rings is 1. The Hall–Kier alpha value is -1.91. The van der Waals surface area contributed by atoms with Crippen molar-refractivity contribution in [3.8, 4) is 0 Å². The molecule has 0 spiro atoms. The molecule has 1 heterocycles. The highest BCUT2D eigenvalue weighted by Gasteiger charge is 2.31. The van der Waals surface area contributed by atoms with Gasteiger partial charge in [0.25, 0.3) is 0 Å². The third kappa shape index (κ3) is 2.27. The van der Waals surface area contributed by atoms with Crippen molar-refractivity contribution in [3.05, 3.63) is 35.6 Å². The molecule has 1 atom stereocenters. The Morgan fingerprint density at radius 2 is 2.06 bits per heavy atom. The fourth-order valence-electron chi connectivity index (χ4n) is 1.72. The molecule has 0 radical (unpaired) electrons. The van der Waals surface area contributed by atoms with Crippen LogP contribution in [0.15, 0.2) is 24.3 Å². The summed E-state index contributed by atoms with van der Waals surface area (Å²) in [5.41, 5.74) is 0.677. The lowest BCUT2D eigenvalue weighted by molar-refractivity contribution is -0.128. The van der Waals surface area contributed by atoms with Crippen molar-refractivity contribution in [3.63, 3.8) is 0 Å². The zero-order valence-electron chi connectivity index (χ0n) is 9.35. The van der Waals surface area contributed by atoms with Gasteiger partial charge in [0.2, 0.25) is 5.91 Å². The second-order valence-electron chi connectivity index (χ2n) is 3.88. The highest BCUT2D eigenvalue weighted by Crippen LogP contribution is 2.20. The second kappa shape index (κ2) is 4.53. The van der Waals surface area contributed by atoms with E-state index in [1.807, 2.05) is 0 Å². The number of imide groups is 1. The number of cyclic esters (lactones) is 1. The maximum Gasteiger partial charge on any atom is 0.416 e. The summed E-state index contributed by atoms with van der Waals surface area (Å²) in [5.74, 6) is -1.16. The molecule has 0 unspecified atom stereocenters. The number of carbonyl (C=O) groups excluding carboxylic acids is 2. The van der Waals surface area contributed by atoms with E-state index in [0.717, 1.165) is 4.90 Å². The Labute approximate surface area is 98.0 Å². The van der Waals surface area contributed by atoms with E-state index in [1.165, 1.54) is 12.1 Å². The minimum atomic E-state index is -0.607. The molecule has 1 aliphatic heterocycles. The van der Waals surface area contributed by atoms with Gasteiger partial charge in [-0.05, 0) is 24.6 Å². The summed E-state index contributed by atoms with van der Waals surface area (Å²) in [5, 5.41) is 0. The maximum absolute atomic E-state index is 12.7. The number of amides is 2. The van der Waals surface area contributed by atoms with Gasteiger partial charge in [0.1, 0.15) is 12.4 Å². The molecule has 2 rings (SSSR count). The van der Waals surface area contributed by atoms with Crippen LogP contribution in [-0.2, 0) is 9.53 Å². The van der Waals surface area contributed by atoms with E-state index in [1.54, 1.807) is 19.1 Å². The average molecular weight is 237 g/mol. The number of hydrogen-bond donors (Lipinski definition) is 0. The van der Waals surface area contributed by atoms with E-state index in [0.29, 0.717) is 5.56 Å². The van der Waals surface area contributed by atoms with Gasteiger partial charge in [-0.15, -0.1) is 0 Å². The first-order valence-corrected chi connectivity index (χ1v) is 5.33. The van der Waals surface area contributed by atoms with Crippen LogP contribution in [-0.4, -0.2) is 30.1 Å². The molecule has 90 valence electrons. The zero-order chi connectivity index (χ0) is 12.4. The third-order valence-electron chi connectivity index (χ3n) is 2.77. The van der Waals surface area contributed by atoms with Gasteiger partial charge in [0.15, 0.2) is 0 Å². The molecule has 1 saturated heterocycles. The molecule has 0 aliphatic carbocycles. The average Bonchev–Trinajstić information content (AvgIpc) is 2.74. The first-order valence-electron chi connectivity index (χ1n) is 5.33. The first kappa shape index (κ1) is 11.6. The number of carbonyl (C=O) groups is 2. The van der Waals surface area contributed by atoms with Crippen molar-refractivity contribution in [2.45, 2.75) is 12.8 Å². The van der Waals surface area contributed by atoms with Crippen LogP contribution < -0.4 is 0 Å². The summed E-state index contributed by atoms with van der Waals surface area (Å²) >= 11 is 0. The van der Waals surface area contributed by atoms with Gasteiger partial charge in [-0.2, -0.15) is 0 Å². The summed E-state index contributed by atoms with van der Waals surface area (Å²) in [4.78, 5) is 24.3. The van der Waals surface area contributed by atoms with Crippen LogP contribution in [0.5, 0.6) is 0 Å². The van der Waals surface area contributed by atoms with Gasteiger partial charge in [0, 0.05) is 0 Å². The lowest BCUT2D eigenvalue weighted by atomic mass is 10.00. The summed E-state index contributed by atoms with van der Waals surface area (Å²) in [6, 6.07) is 5.67. The predicted octanol–water partition coefficient (Wildman–Crippen LogP) is 1.91. The Bertz CT molecular complexity index is 444. The third-order valence-corrected chi connectivity index (χ3v) is 2.77. The van der Waals surface area contributed by atoms with E-state index in [2.05, 4.69) is 0 Å². The fraction of sp³-hybridized carbons (Fsp3) is 0.333. The topological polar surface area (TPSA) is 46.6 Å². The largest absolute Gasteiger partial charge is 0.447 e. The molecule has 0 N–H and O–H groups in total. The molecule has 0 saturated carbocycles. The van der Waals surface area contributed by atoms with Crippen LogP contribution >= 0.6 is 0 Å². The van der Waals surface area contributed by atoms with Gasteiger partial charge in [0.05, 0.1) is 12.5 Å². The van der Waals surface area contributed by atoms with E-state index >= 15 is 0 Å². The van der Waals surface area contributed by atoms with Gasteiger partial charge < -0.3 is 4.74 Å². The Balaban J connectivity index is 2.14. The van der Waals surface area contributed by atoms with E-state index in [9.17, 15) is 14.0 Å². The minimum absolute atomic E-state index is 0.237. The van der Waals surface area contributed by atoms with E-state index in [-0.39, 0.29) is 24.9 Å². The summed E-state index contributed by atoms with van der Waals surface area (Å²) < 4.78 is 17.4. The predicted molar refractivity (Wildman–Crippen MR) is 57.9 cm³/mol. The quantitative estimate of drug-likeness (QED) is 0.789. The van der Waals surface area contributed by atoms with Gasteiger partial charge in [-0.1, -0.05) is 12.1 Å². The molecular weight excluding hydrogens is 225 g/mol. The van der Waals surface area contributed by atoms with Crippen LogP contribution in [0.2, 0.25) is 0 Å². The van der Waals surface area contributed by atoms with Gasteiger partial charge >= 0.3 is 6.09 Å². The lowest BCUT2D eigenvalue weighted by Crippen LogP contribution is -2.34. The Morgan fingerprint density at radius 3 is 2.59 bits per heavy atom. The van der Waals surface area contributed by atoms with Crippen LogP contribution in [0.25, 0.3) is 0 Å². The molecule has 17 heavy (non-hydrogen) atoms. The van der Waals surface area contributed by atoms with Crippen molar-refractivity contribution in [2.24, 2.45) is 0 Å². The summed E-state index contributed by atoms with van der Waals surface area (Å²) in [6.45, 7) is 2.20. The molecule has 0 bridgehead atoms. The standard InChI is InChI=1S/C12H12FNO3/c1-8(9-2-4-10(13)5-3-9)11(15)14-6-7-17-12(14)16/h2-5,8H,6-7H2,1H3/t8-/m1/s1. The minimum Gasteiger partial charge on any atom is -0.447 e. The van der Waals surface area contributed by atoms with Crippen LogP contribution in [0.4, 0.5) is 9.18 Å². The molecule has 0 aromatic heterocycles. The lowest BCUT2D eigenvalue weighted by Gasteiger charge is -2.16. The van der Waals surface area contributed by atoms with Crippen LogP contribution in [0.1, 0.15) is 18.4 Å². The second-order valence-corrected chi connectivity index (χ2v) is 3.88. The highest BCUT2D eigenvalue weighted by atomic mass is 19.1. The SMILES string of the molecule is C[C@@H](C(=O)N1CCOC1=O)c1ccc(F)cc1.